The van der Waals surface area contributed by atoms with Crippen LogP contribution in [0.5, 0.6) is 0 Å². The fourth-order valence-corrected chi connectivity index (χ4v) is 2.42. The Labute approximate surface area is 89.2 Å². The molecule has 1 heterocycles. The minimum absolute atomic E-state index is 0.0792. The van der Waals surface area contributed by atoms with E-state index in [1.54, 1.807) is 19.1 Å². The fraction of sp³-hybridized carbons (Fsp3) is 0.556. The van der Waals surface area contributed by atoms with Crippen molar-refractivity contribution in [1.29, 1.82) is 0 Å². The molecule has 86 valence electrons. The number of aliphatic hydroxyl groups is 1. The molecular formula is C9H15NO4S. The summed E-state index contributed by atoms with van der Waals surface area (Å²) < 4.78 is 30.2. The molecule has 0 aromatic carbocycles. The van der Waals surface area contributed by atoms with Crippen molar-refractivity contribution in [3.8, 4) is 0 Å². The molecule has 0 saturated carbocycles. The van der Waals surface area contributed by atoms with Crippen molar-refractivity contribution >= 4 is 10.0 Å². The van der Waals surface area contributed by atoms with Crippen LogP contribution in [0.15, 0.2) is 22.8 Å². The van der Waals surface area contributed by atoms with Crippen LogP contribution in [0.3, 0.4) is 0 Å². The van der Waals surface area contributed by atoms with Crippen LogP contribution in [0.25, 0.3) is 0 Å². The van der Waals surface area contributed by atoms with E-state index in [0.29, 0.717) is 5.76 Å². The first kappa shape index (κ1) is 12.2. The van der Waals surface area contributed by atoms with Gasteiger partial charge in [0.15, 0.2) is 0 Å². The van der Waals surface area contributed by atoms with Gasteiger partial charge >= 0.3 is 0 Å². The van der Waals surface area contributed by atoms with Gasteiger partial charge < -0.3 is 9.52 Å². The molecule has 6 heteroatoms. The average Bonchev–Trinajstić information content (AvgIpc) is 2.66. The summed E-state index contributed by atoms with van der Waals surface area (Å²) >= 11 is 0. The van der Waals surface area contributed by atoms with Crippen molar-refractivity contribution in [3.05, 3.63) is 24.2 Å². The van der Waals surface area contributed by atoms with Crippen LogP contribution >= 0.6 is 0 Å². The van der Waals surface area contributed by atoms with Gasteiger partial charge in [-0.15, -0.1) is 0 Å². The summed E-state index contributed by atoms with van der Waals surface area (Å²) in [6.07, 6.45) is 1.49. The van der Waals surface area contributed by atoms with Crippen LogP contribution in [0.1, 0.15) is 12.7 Å². The maximum atomic E-state index is 11.4. The van der Waals surface area contributed by atoms with Crippen LogP contribution in [0, 0.1) is 5.92 Å². The Morgan fingerprint density at radius 3 is 2.87 bits per heavy atom. The summed E-state index contributed by atoms with van der Waals surface area (Å²) in [5.41, 5.74) is 0. The Morgan fingerprint density at radius 2 is 2.33 bits per heavy atom. The molecule has 1 unspecified atom stereocenters. The van der Waals surface area contributed by atoms with Crippen molar-refractivity contribution in [3.63, 3.8) is 0 Å². The largest absolute Gasteiger partial charge is 0.468 e. The molecule has 0 aliphatic rings. The van der Waals surface area contributed by atoms with Crippen LogP contribution < -0.4 is 4.72 Å². The summed E-state index contributed by atoms with van der Waals surface area (Å²) in [7, 11) is -3.34. The number of rotatable bonds is 6. The van der Waals surface area contributed by atoms with Crippen molar-refractivity contribution < 1.29 is 17.9 Å². The van der Waals surface area contributed by atoms with Gasteiger partial charge in [0.25, 0.3) is 0 Å². The molecule has 0 saturated heterocycles. The molecule has 0 radical (unpaired) electrons. The summed E-state index contributed by atoms with van der Waals surface area (Å²) in [6, 6.07) is 3.39. The van der Waals surface area contributed by atoms with Crippen molar-refractivity contribution in [2.75, 3.05) is 12.4 Å². The van der Waals surface area contributed by atoms with E-state index in [0.717, 1.165) is 0 Å². The third kappa shape index (κ3) is 4.46. The summed E-state index contributed by atoms with van der Waals surface area (Å²) in [5, 5.41) is 8.74. The lowest BCUT2D eigenvalue weighted by Crippen LogP contribution is -2.29. The lowest BCUT2D eigenvalue weighted by atomic mass is 10.2. The highest BCUT2D eigenvalue weighted by Crippen LogP contribution is 2.02. The number of hydrogen-bond acceptors (Lipinski definition) is 4. The van der Waals surface area contributed by atoms with Gasteiger partial charge in [0.2, 0.25) is 10.0 Å². The minimum atomic E-state index is -3.34. The molecule has 1 rings (SSSR count). The van der Waals surface area contributed by atoms with E-state index in [4.69, 9.17) is 9.52 Å². The number of nitrogens with one attached hydrogen (secondary N) is 1. The molecule has 2 N–H and O–H groups in total. The van der Waals surface area contributed by atoms with Crippen LogP contribution in [-0.2, 0) is 16.6 Å². The first-order valence-electron chi connectivity index (χ1n) is 4.64. The lowest BCUT2D eigenvalue weighted by molar-refractivity contribution is 0.249. The Morgan fingerprint density at radius 1 is 1.60 bits per heavy atom. The molecule has 0 bridgehead atoms. The van der Waals surface area contributed by atoms with Crippen molar-refractivity contribution in [1.82, 2.24) is 4.72 Å². The van der Waals surface area contributed by atoms with Crippen LogP contribution in [-0.4, -0.2) is 25.9 Å². The van der Waals surface area contributed by atoms with Gasteiger partial charge in [0.05, 0.1) is 18.6 Å². The topological polar surface area (TPSA) is 79.5 Å². The van der Waals surface area contributed by atoms with E-state index >= 15 is 0 Å². The average molecular weight is 233 g/mol. The number of furan rings is 1. The summed E-state index contributed by atoms with van der Waals surface area (Å²) in [4.78, 5) is 0. The van der Waals surface area contributed by atoms with Gasteiger partial charge in [0, 0.05) is 6.61 Å². The number of sulfonamides is 1. The number of aliphatic hydroxyl groups excluding tert-OH is 1. The van der Waals surface area contributed by atoms with Gasteiger partial charge in [-0.1, -0.05) is 6.92 Å². The van der Waals surface area contributed by atoms with E-state index in [9.17, 15) is 8.42 Å². The molecule has 0 aliphatic heterocycles. The zero-order chi connectivity index (χ0) is 11.3. The molecule has 1 aromatic rings. The zero-order valence-corrected chi connectivity index (χ0v) is 9.33. The molecule has 0 spiro atoms. The second-order valence-electron chi connectivity index (χ2n) is 3.47. The highest BCUT2D eigenvalue weighted by molar-refractivity contribution is 7.89. The Kier molecular flexibility index (Phi) is 4.31. The first-order valence-corrected chi connectivity index (χ1v) is 6.29. The lowest BCUT2D eigenvalue weighted by Gasteiger charge is -2.09. The predicted octanol–water partition coefficient (Wildman–Crippen LogP) is 0.327. The van der Waals surface area contributed by atoms with Crippen molar-refractivity contribution in [2.45, 2.75) is 13.5 Å². The monoisotopic (exact) mass is 233 g/mol. The molecule has 0 aliphatic carbocycles. The van der Waals surface area contributed by atoms with Gasteiger partial charge in [-0.2, -0.15) is 0 Å². The third-order valence-electron chi connectivity index (χ3n) is 1.86. The summed E-state index contributed by atoms with van der Waals surface area (Å²) in [5.74, 6) is 0.221. The fourth-order valence-electron chi connectivity index (χ4n) is 1.08. The molecule has 0 amide bonds. The maximum absolute atomic E-state index is 11.4. The quantitative estimate of drug-likeness (QED) is 0.742. The number of hydrogen-bond donors (Lipinski definition) is 2. The second kappa shape index (κ2) is 5.29. The molecular weight excluding hydrogens is 218 g/mol. The van der Waals surface area contributed by atoms with Gasteiger partial charge in [-0.05, 0) is 18.1 Å². The van der Waals surface area contributed by atoms with E-state index in [2.05, 4.69) is 4.72 Å². The first-order chi connectivity index (χ1) is 7.03. The van der Waals surface area contributed by atoms with E-state index in [1.807, 2.05) is 0 Å². The highest BCUT2D eigenvalue weighted by Gasteiger charge is 2.14. The second-order valence-corrected chi connectivity index (χ2v) is 5.32. The van der Waals surface area contributed by atoms with Crippen LogP contribution in [0.2, 0.25) is 0 Å². The van der Waals surface area contributed by atoms with E-state index in [-0.39, 0.29) is 24.8 Å². The highest BCUT2D eigenvalue weighted by atomic mass is 32.2. The van der Waals surface area contributed by atoms with E-state index < -0.39 is 10.0 Å². The minimum Gasteiger partial charge on any atom is -0.468 e. The SMILES string of the molecule is CC(CO)CS(=O)(=O)NCc1ccco1. The molecule has 0 fully saturated rings. The zero-order valence-electron chi connectivity index (χ0n) is 8.51. The molecule has 1 atom stereocenters. The Hall–Kier alpha value is -0.850. The predicted molar refractivity (Wildman–Crippen MR) is 55.6 cm³/mol. The van der Waals surface area contributed by atoms with Gasteiger partial charge in [0.1, 0.15) is 5.76 Å². The molecule has 1 aromatic heterocycles. The van der Waals surface area contributed by atoms with Gasteiger partial charge in [-0.25, -0.2) is 13.1 Å². The molecule has 15 heavy (non-hydrogen) atoms. The standard InChI is InChI=1S/C9H15NO4S/c1-8(6-11)7-15(12,13)10-5-9-3-2-4-14-9/h2-4,8,10-11H,5-7H2,1H3. The van der Waals surface area contributed by atoms with Crippen molar-refractivity contribution in [2.24, 2.45) is 5.92 Å². The normalized spacial score (nSPS) is 14.0. The van der Waals surface area contributed by atoms with Gasteiger partial charge in [-0.3, -0.25) is 0 Å². The smallest absolute Gasteiger partial charge is 0.212 e. The maximum Gasteiger partial charge on any atom is 0.212 e. The summed E-state index contributed by atoms with van der Waals surface area (Å²) in [6.45, 7) is 1.68. The Bertz CT molecular complexity index is 371. The van der Waals surface area contributed by atoms with E-state index in [1.165, 1.54) is 6.26 Å². The molecule has 5 nitrogen and oxygen atoms in total. The third-order valence-corrected chi connectivity index (χ3v) is 3.45. The van der Waals surface area contributed by atoms with Crippen LogP contribution in [0.4, 0.5) is 0 Å². The Balaban J connectivity index is 2.43.